The minimum atomic E-state index is -0.615. The number of nitrogens with zero attached hydrogens (tertiary/aromatic N) is 5. The second-order valence-corrected chi connectivity index (χ2v) is 7.71. The fourth-order valence-corrected chi connectivity index (χ4v) is 4.28. The normalized spacial score (nSPS) is 18.7. The molecule has 1 saturated heterocycles. The molecule has 3 aromatic rings. The van der Waals surface area contributed by atoms with E-state index < -0.39 is 11.9 Å². The molecule has 0 radical (unpaired) electrons. The maximum absolute atomic E-state index is 12.9. The number of rotatable bonds is 3. The molecule has 1 fully saturated rings. The number of hydrogen-bond donors (Lipinski definition) is 1. The molecule has 5 rings (SSSR count). The molecule has 9 nitrogen and oxygen atoms in total. The van der Waals surface area contributed by atoms with Gasteiger partial charge in [-0.05, 0) is 29.7 Å². The first-order valence-electron chi connectivity index (χ1n) is 9.71. The second kappa shape index (κ2) is 6.65. The smallest absolute Gasteiger partial charge is 0.255 e. The number of carbonyl (C=O) groups excluding carboxylic acids is 3. The molecule has 152 valence electrons. The van der Waals surface area contributed by atoms with E-state index in [1.807, 2.05) is 32.4 Å². The van der Waals surface area contributed by atoms with Crippen LogP contribution in [0.25, 0.3) is 22.4 Å². The molecule has 0 aliphatic carbocycles. The zero-order valence-electron chi connectivity index (χ0n) is 16.6. The van der Waals surface area contributed by atoms with Crippen molar-refractivity contribution in [2.75, 3.05) is 0 Å². The maximum atomic E-state index is 12.9. The van der Waals surface area contributed by atoms with Crippen molar-refractivity contribution in [2.45, 2.75) is 25.4 Å². The van der Waals surface area contributed by atoms with E-state index in [-0.39, 0.29) is 18.2 Å². The lowest BCUT2D eigenvalue weighted by molar-refractivity contribution is -0.136. The van der Waals surface area contributed by atoms with E-state index in [0.717, 1.165) is 27.9 Å². The molecule has 1 aromatic carbocycles. The first kappa shape index (κ1) is 18.3. The second-order valence-electron chi connectivity index (χ2n) is 7.71. The molecule has 1 atom stereocenters. The monoisotopic (exact) mass is 404 g/mol. The minimum absolute atomic E-state index is 0.176. The van der Waals surface area contributed by atoms with Crippen LogP contribution in [0.5, 0.6) is 0 Å². The van der Waals surface area contributed by atoms with Crippen LogP contribution in [0.4, 0.5) is 0 Å². The molecule has 0 unspecified atom stereocenters. The fourth-order valence-electron chi connectivity index (χ4n) is 4.28. The van der Waals surface area contributed by atoms with Gasteiger partial charge in [0.15, 0.2) is 0 Å². The van der Waals surface area contributed by atoms with Gasteiger partial charge in [-0.1, -0.05) is 6.07 Å². The summed E-state index contributed by atoms with van der Waals surface area (Å²) in [5, 5.41) is 11.0. The number of amides is 3. The average Bonchev–Trinajstić information content (AvgIpc) is 3.39. The van der Waals surface area contributed by atoms with Crippen LogP contribution in [0.2, 0.25) is 0 Å². The van der Waals surface area contributed by atoms with E-state index >= 15 is 0 Å². The number of hydrogen-bond acceptors (Lipinski definition) is 5. The summed E-state index contributed by atoms with van der Waals surface area (Å²) in [5.74, 6) is -0.870. The SMILES string of the molecule is Cn1cc(-c2c(-c3ccc4c(c3)CN([C@H]3CCC(=O)NC3=O)C4=O)cnn2C)cn1. The van der Waals surface area contributed by atoms with Gasteiger partial charge in [-0.25, -0.2) is 0 Å². The van der Waals surface area contributed by atoms with Crippen LogP contribution in [-0.2, 0) is 30.2 Å². The van der Waals surface area contributed by atoms with Crippen molar-refractivity contribution in [3.8, 4) is 22.4 Å². The number of aromatic nitrogens is 4. The molecule has 0 spiro atoms. The topological polar surface area (TPSA) is 102 Å². The Labute approximate surface area is 172 Å². The van der Waals surface area contributed by atoms with Gasteiger partial charge in [0.1, 0.15) is 6.04 Å². The Kier molecular flexibility index (Phi) is 4.05. The average molecular weight is 404 g/mol. The Balaban J connectivity index is 1.49. The molecule has 1 N–H and O–H groups in total. The highest BCUT2D eigenvalue weighted by Crippen LogP contribution is 2.35. The van der Waals surface area contributed by atoms with Crippen molar-refractivity contribution >= 4 is 17.7 Å². The van der Waals surface area contributed by atoms with Crippen LogP contribution in [0.15, 0.2) is 36.8 Å². The van der Waals surface area contributed by atoms with Crippen LogP contribution in [0.3, 0.4) is 0 Å². The Morgan fingerprint density at radius 1 is 1.03 bits per heavy atom. The van der Waals surface area contributed by atoms with Crippen molar-refractivity contribution in [1.29, 1.82) is 0 Å². The van der Waals surface area contributed by atoms with Crippen LogP contribution in [0, 0.1) is 0 Å². The van der Waals surface area contributed by atoms with Crippen LogP contribution < -0.4 is 5.32 Å². The van der Waals surface area contributed by atoms with Gasteiger partial charge in [0.05, 0.1) is 18.1 Å². The molecule has 30 heavy (non-hydrogen) atoms. The number of fused-ring (bicyclic) bond motifs is 1. The van der Waals surface area contributed by atoms with Crippen molar-refractivity contribution in [2.24, 2.45) is 14.1 Å². The molecular formula is C21H20N6O3. The van der Waals surface area contributed by atoms with E-state index in [0.29, 0.717) is 18.5 Å². The molecule has 4 heterocycles. The highest BCUT2D eigenvalue weighted by Gasteiger charge is 2.39. The predicted molar refractivity (Wildman–Crippen MR) is 107 cm³/mol. The zero-order valence-corrected chi connectivity index (χ0v) is 16.6. The number of imide groups is 1. The van der Waals surface area contributed by atoms with Gasteiger partial charge >= 0.3 is 0 Å². The summed E-state index contributed by atoms with van der Waals surface area (Å²) >= 11 is 0. The van der Waals surface area contributed by atoms with Crippen molar-refractivity contribution in [1.82, 2.24) is 29.8 Å². The highest BCUT2D eigenvalue weighted by atomic mass is 16.2. The summed E-state index contributed by atoms with van der Waals surface area (Å²) in [7, 11) is 3.75. The summed E-state index contributed by atoms with van der Waals surface area (Å²) in [5.41, 5.74) is 5.24. The fraction of sp³-hybridized carbons (Fsp3) is 0.286. The maximum Gasteiger partial charge on any atom is 0.255 e. The first-order chi connectivity index (χ1) is 14.4. The number of benzene rings is 1. The number of carbonyl (C=O) groups is 3. The molecular weight excluding hydrogens is 384 g/mol. The zero-order chi connectivity index (χ0) is 21.0. The lowest BCUT2D eigenvalue weighted by atomic mass is 9.99. The van der Waals surface area contributed by atoms with Gasteiger partial charge in [-0.3, -0.25) is 29.1 Å². The quantitative estimate of drug-likeness (QED) is 0.662. The van der Waals surface area contributed by atoms with E-state index in [1.165, 1.54) is 0 Å². The van der Waals surface area contributed by atoms with Gasteiger partial charge in [-0.2, -0.15) is 10.2 Å². The first-order valence-corrected chi connectivity index (χ1v) is 9.71. The Morgan fingerprint density at radius 3 is 2.60 bits per heavy atom. The van der Waals surface area contributed by atoms with Gasteiger partial charge in [0.2, 0.25) is 11.8 Å². The summed E-state index contributed by atoms with van der Waals surface area (Å²) in [6, 6.07) is 5.08. The third kappa shape index (κ3) is 2.81. The lowest BCUT2D eigenvalue weighted by Gasteiger charge is -2.29. The third-order valence-corrected chi connectivity index (χ3v) is 5.75. The van der Waals surface area contributed by atoms with Crippen molar-refractivity contribution < 1.29 is 14.4 Å². The summed E-state index contributed by atoms with van der Waals surface area (Å²) < 4.78 is 3.55. The van der Waals surface area contributed by atoms with E-state index in [4.69, 9.17) is 0 Å². The van der Waals surface area contributed by atoms with Crippen molar-refractivity contribution in [3.63, 3.8) is 0 Å². The third-order valence-electron chi connectivity index (χ3n) is 5.75. The van der Waals surface area contributed by atoms with Gasteiger partial charge in [0, 0.05) is 49.9 Å². The van der Waals surface area contributed by atoms with Crippen molar-refractivity contribution in [3.05, 3.63) is 47.9 Å². The highest BCUT2D eigenvalue weighted by molar-refractivity contribution is 6.05. The molecule has 9 heteroatoms. The molecule has 2 aromatic heterocycles. The van der Waals surface area contributed by atoms with E-state index in [9.17, 15) is 14.4 Å². The number of nitrogens with one attached hydrogen (secondary N) is 1. The molecule has 2 aliphatic rings. The summed E-state index contributed by atoms with van der Waals surface area (Å²) in [6.07, 6.45) is 6.12. The Bertz CT molecular complexity index is 1210. The number of aryl methyl sites for hydroxylation is 2. The van der Waals surface area contributed by atoms with E-state index in [1.54, 1.807) is 32.7 Å². The van der Waals surface area contributed by atoms with Gasteiger partial charge in [-0.15, -0.1) is 0 Å². The molecule has 0 saturated carbocycles. The van der Waals surface area contributed by atoms with Crippen LogP contribution in [-0.4, -0.2) is 48.2 Å². The Morgan fingerprint density at radius 2 is 1.87 bits per heavy atom. The number of piperidine rings is 1. The lowest BCUT2D eigenvalue weighted by Crippen LogP contribution is -2.52. The van der Waals surface area contributed by atoms with Gasteiger partial charge in [0.25, 0.3) is 5.91 Å². The standard InChI is InChI=1S/C21H20N6O3/c1-25-10-14(8-22-25)19-16(9-23-26(19)2)12-3-4-15-13(7-12)11-27(21(15)30)17-5-6-18(28)24-20(17)29/h3-4,7-10,17H,5-6,11H2,1-2H3,(H,24,28,29)/t17-/m0/s1. The predicted octanol–water partition coefficient (Wildman–Crippen LogP) is 1.25. The molecule has 0 bridgehead atoms. The summed E-state index contributed by atoms with van der Waals surface area (Å²) in [4.78, 5) is 38.1. The van der Waals surface area contributed by atoms with Crippen LogP contribution >= 0.6 is 0 Å². The molecule has 3 amide bonds. The summed E-state index contributed by atoms with van der Waals surface area (Å²) in [6.45, 7) is 0.344. The van der Waals surface area contributed by atoms with E-state index in [2.05, 4.69) is 15.5 Å². The van der Waals surface area contributed by atoms with Crippen LogP contribution in [0.1, 0.15) is 28.8 Å². The Hall–Kier alpha value is -3.75. The largest absolute Gasteiger partial charge is 0.322 e. The molecule has 2 aliphatic heterocycles. The van der Waals surface area contributed by atoms with Gasteiger partial charge < -0.3 is 4.90 Å². The minimum Gasteiger partial charge on any atom is -0.322 e.